The van der Waals surface area contributed by atoms with E-state index in [0.717, 1.165) is 11.6 Å². The smallest absolute Gasteiger partial charge is 0.305 e. The Kier molecular flexibility index (Phi) is 8.20. The van der Waals surface area contributed by atoms with Gasteiger partial charge in [-0.05, 0) is 61.0 Å². The highest BCUT2D eigenvalue weighted by atomic mass is 35.5. The zero-order valence-corrected chi connectivity index (χ0v) is 23.3. The number of pyridine rings is 1. The fraction of sp³-hybridized carbons (Fsp3) is 0.133. The van der Waals surface area contributed by atoms with Gasteiger partial charge in [0, 0.05) is 44.9 Å². The number of nitrogens with zero attached hydrogens (tertiary/aromatic N) is 3. The fourth-order valence-electron chi connectivity index (χ4n) is 4.51. The van der Waals surface area contributed by atoms with E-state index < -0.39 is 35.4 Å². The lowest BCUT2D eigenvalue weighted by atomic mass is 10.0. The zero-order valence-electron chi connectivity index (χ0n) is 21.8. The molecule has 5 aromatic rings. The van der Waals surface area contributed by atoms with Gasteiger partial charge in [-0.2, -0.15) is 5.10 Å². The van der Waals surface area contributed by atoms with E-state index in [0.29, 0.717) is 38.1 Å². The minimum absolute atomic E-state index is 0.000498. The van der Waals surface area contributed by atoms with Crippen molar-refractivity contribution in [3.8, 4) is 22.5 Å². The number of aliphatic carboxylic acids is 1. The SMILES string of the molecule is CC(c1ccc(C(=O)NCCC(=O)O)cc1)n1nc(-c2cc(Cl)cc(Cl)c2)cc1-c1cnc2c(F)c(F)c(F)cc2c1. The number of benzene rings is 3. The van der Waals surface area contributed by atoms with Gasteiger partial charge in [-0.1, -0.05) is 35.3 Å². The number of carboxylic acids is 1. The van der Waals surface area contributed by atoms with E-state index in [1.807, 2.05) is 6.92 Å². The molecule has 1 unspecified atom stereocenters. The number of halogens is 5. The van der Waals surface area contributed by atoms with Gasteiger partial charge in [0.15, 0.2) is 17.5 Å². The maximum atomic E-state index is 14.3. The van der Waals surface area contributed by atoms with Crippen molar-refractivity contribution in [1.29, 1.82) is 0 Å². The van der Waals surface area contributed by atoms with Crippen LogP contribution in [-0.4, -0.2) is 38.3 Å². The summed E-state index contributed by atoms with van der Waals surface area (Å²) in [5, 5.41) is 17.0. The van der Waals surface area contributed by atoms with Crippen LogP contribution in [-0.2, 0) is 4.79 Å². The number of fused-ring (bicyclic) bond motifs is 1. The van der Waals surface area contributed by atoms with Crippen LogP contribution in [0.3, 0.4) is 0 Å². The van der Waals surface area contributed by atoms with Gasteiger partial charge >= 0.3 is 5.97 Å². The second-order valence-corrected chi connectivity index (χ2v) is 10.4. The van der Waals surface area contributed by atoms with E-state index in [1.54, 1.807) is 53.2 Å². The van der Waals surface area contributed by atoms with Gasteiger partial charge in [-0.3, -0.25) is 19.3 Å². The molecule has 3 aromatic carbocycles. The molecule has 0 fully saturated rings. The molecule has 0 spiro atoms. The molecule has 0 radical (unpaired) electrons. The number of carbonyl (C=O) groups is 2. The van der Waals surface area contributed by atoms with Crippen molar-refractivity contribution < 1.29 is 27.9 Å². The van der Waals surface area contributed by atoms with E-state index in [4.69, 9.17) is 33.4 Å². The zero-order chi connectivity index (χ0) is 30.1. The van der Waals surface area contributed by atoms with Crippen molar-refractivity contribution in [2.24, 2.45) is 0 Å². The highest BCUT2D eigenvalue weighted by molar-refractivity contribution is 6.35. The molecule has 5 rings (SSSR count). The molecule has 7 nitrogen and oxygen atoms in total. The largest absolute Gasteiger partial charge is 0.481 e. The van der Waals surface area contributed by atoms with Crippen molar-refractivity contribution in [3.05, 3.63) is 105 Å². The van der Waals surface area contributed by atoms with Gasteiger partial charge in [-0.25, -0.2) is 13.2 Å². The van der Waals surface area contributed by atoms with E-state index >= 15 is 0 Å². The Balaban J connectivity index is 1.56. The summed E-state index contributed by atoms with van der Waals surface area (Å²) in [6.07, 6.45) is 1.16. The maximum absolute atomic E-state index is 14.3. The molecular formula is C30H21Cl2F3N4O3. The van der Waals surface area contributed by atoms with Gasteiger partial charge in [-0.15, -0.1) is 0 Å². The van der Waals surface area contributed by atoms with Crippen LogP contribution in [0, 0.1) is 17.5 Å². The average Bonchev–Trinajstić information content (AvgIpc) is 3.40. The van der Waals surface area contributed by atoms with Crippen molar-refractivity contribution >= 4 is 46.0 Å². The molecule has 0 saturated carbocycles. The Morgan fingerprint density at radius 2 is 1.64 bits per heavy atom. The lowest BCUT2D eigenvalue weighted by Crippen LogP contribution is -2.26. The molecule has 12 heteroatoms. The molecule has 1 amide bonds. The quantitative estimate of drug-likeness (QED) is 0.179. The second-order valence-electron chi connectivity index (χ2n) is 9.50. The summed E-state index contributed by atoms with van der Waals surface area (Å²) in [6.45, 7) is 1.87. The molecule has 1 atom stereocenters. The van der Waals surface area contributed by atoms with E-state index in [2.05, 4.69) is 10.3 Å². The maximum Gasteiger partial charge on any atom is 0.305 e. The Labute approximate surface area is 247 Å². The Hall–Kier alpha value is -4.41. The molecule has 2 aromatic heterocycles. The minimum Gasteiger partial charge on any atom is -0.481 e. The Morgan fingerprint density at radius 1 is 0.952 bits per heavy atom. The predicted molar refractivity (Wildman–Crippen MR) is 153 cm³/mol. The topological polar surface area (TPSA) is 97.1 Å². The Morgan fingerprint density at radius 3 is 2.31 bits per heavy atom. The van der Waals surface area contributed by atoms with Crippen molar-refractivity contribution in [2.45, 2.75) is 19.4 Å². The normalized spacial score (nSPS) is 12.0. The number of aromatic nitrogens is 3. The highest BCUT2D eigenvalue weighted by Gasteiger charge is 2.21. The molecule has 0 saturated heterocycles. The number of hydrogen-bond donors (Lipinski definition) is 2. The Bertz CT molecular complexity index is 1820. The number of amides is 1. The van der Waals surface area contributed by atoms with E-state index in [9.17, 15) is 22.8 Å². The van der Waals surface area contributed by atoms with Crippen LogP contribution in [0.1, 0.15) is 35.3 Å². The monoisotopic (exact) mass is 612 g/mol. The second kappa shape index (κ2) is 11.8. The van der Waals surface area contributed by atoms with E-state index in [-0.39, 0.29) is 23.9 Å². The predicted octanol–water partition coefficient (Wildman–Crippen LogP) is 7.30. The number of hydrogen-bond acceptors (Lipinski definition) is 4. The van der Waals surface area contributed by atoms with Crippen LogP contribution in [0.2, 0.25) is 10.0 Å². The molecule has 214 valence electrons. The summed E-state index contributed by atoms with van der Waals surface area (Å²) in [7, 11) is 0. The number of nitrogens with one attached hydrogen (secondary N) is 1. The first-order valence-corrected chi connectivity index (χ1v) is 13.4. The molecule has 0 bridgehead atoms. The first kappa shape index (κ1) is 29.1. The van der Waals surface area contributed by atoms with Crippen LogP contribution < -0.4 is 5.32 Å². The summed E-state index contributed by atoms with van der Waals surface area (Å²) >= 11 is 12.4. The van der Waals surface area contributed by atoms with Crippen molar-refractivity contribution in [2.75, 3.05) is 6.54 Å². The summed E-state index contributed by atoms with van der Waals surface area (Å²) in [5.41, 5.74) is 2.93. The number of carbonyl (C=O) groups excluding carboxylic acids is 1. The third kappa shape index (κ3) is 5.95. The van der Waals surface area contributed by atoms with Gasteiger partial charge < -0.3 is 10.4 Å². The lowest BCUT2D eigenvalue weighted by molar-refractivity contribution is -0.136. The van der Waals surface area contributed by atoms with Crippen molar-refractivity contribution in [3.63, 3.8) is 0 Å². The van der Waals surface area contributed by atoms with Gasteiger partial charge in [0.05, 0.1) is 23.9 Å². The minimum atomic E-state index is -1.60. The fourth-order valence-corrected chi connectivity index (χ4v) is 5.04. The van der Waals surface area contributed by atoms with Gasteiger partial charge in [0.1, 0.15) is 5.52 Å². The van der Waals surface area contributed by atoms with Gasteiger partial charge in [0.2, 0.25) is 0 Å². The van der Waals surface area contributed by atoms with E-state index in [1.165, 1.54) is 12.3 Å². The molecule has 0 aliphatic carbocycles. The molecule has 2 heterocycles. The summed E-state index contributed by atoms with van der Waals surface area (Å²) in [4.78, 5) is 27.2. The third-order valence-corrected chi connectivity index (χ3v) is 7.08. The first-order chi connectivity index (χ1) is 20.0. The van der Waals surface area contributed by atoms with Crippen LogP contribution in [0.25, 0.3) is 33.4 Å². The summed E-state index contributed by atoms with van der Waals surface area (Å²) < 4.78 is 43.9. The van der Waals surface area contributed by atoms with Crippen molar-refractivity contribution in [1.82, 2.24) is 20.1 Å². The molecule has 0 aliphatic heterocycles. The molecule has 2 N–H and O–H groups in total. The average molecular weight is 613 g/mol. The van der Waals surface area contributed by atoms with Crippen LogP contribution in [0.5, 0.6) is 0 Å². The van der Waals surface area contributed by atoms with Gasteiger partial charge in [0.25, 0.3) is 5.91 Å². The van der Waals surface area contributed by atoms with Crippen LogP contribution in [0.4, 0.5) is 13.2 Å². The summed E-state index contributed by atoms with van der Waals surface area (Å²) in [5.74, 6) is -5.73. The highest BCUT2D eigenvalue weighted by Crippen LogP contribution is 2.34. The van der Waals surface area contributed by atoms with Crippen LogP contribution in [0.15, 0.2) is 66.9 Å². The number of carboxylic acid groups (broad SMARTS) is 1. The molecular weight excluding hydrogens is 592 g/mol. The lowest BCUT2D eigenvalue weighted by Gasteiger charge is -2.17. The van der Waals surface area contributed by atoms with Crippen LogP contribution >= 0.6 is 23.2 Å². The molecule has 42 heavy (non-hydrogen) atoms. The number of rotatable bonds is 8. The third-order valence-electron chi connectivity index (χ3n) is 6.65. The summed E-state index contributed by atoms with van der Waals surface area (Å²) in [6, 6.07) is 15.4. The molecule has 0 aliphatic rings. The standard InChI is InChI=1S/C30H21Cl2F3N4O3/c1-15(16-2-4-17(5-3-16)30(42)36-7-6-26(40)41)39-25(13-24(38-39)18-9-21(31)12-22(32)10-18)20-8-19-11-23(33)27(34)28(35)29(19)37-14-20/h2-5,8-15H,6-7H2,1H3,(H,36,42)(H,40,41). The first-order valence-electron chi connectivity index (χ1n) is 12.6.